The van der Waals surface area contributed by atoms with Crippen LogP contribution in [0, 0.1) is 5.92 Å². The van der Waals surface area contributed by atoms with E-state index in [1.807, 2.05) is 17.0 Å². The van der Waals surface area contributed by atoms with Crippen LogP contribution in [0.5, 0.6) is 5.75 Å². The Morgan fingerprint density at radius 3 is 2.80 bits per heavy atom. The van der Waals surface area contributed by atoms with Crippen molar-refractivity contribution in [1.29, 1.82) is 0 Å². The highest BCUT2D eigenvalue weighted by Crippen LogP contribution is 2.18. The Bertz CT molecular complexity index is 442. The van der Waals surface area contributed by atoms with Gasteiger partial charge in [0.05, 0.1) is 13.0 Å². The van der Waals surface area contributed by atoms with E-state index in [9.17, 15) is 4.79 Å². The highest BCUT2D eigenvalue weighted by atomic mass is 16.5. The fourth-order valence-electron chi connectivity index (χ4n) is 2.38. The van der Waals surface area contributed by atoms with Crippen LogP contribution >= 0.6 is 0 Å². The number of anilines is 1. The Morgan fingerprint density at radius 2 is 2.15 bits per heavy atom. The molecule has 0 atom stereocenters. The maximum Gasteiger partial charge on any atom is 0.225 e. The molecule has 1 amide bonds. The minimum absolute atomic E-state index is 0.116. The first-order valence-electron chi connectivity index (χ1n) is 7.06. The molecular formula is C15H22N2O3. The zero-order valence-electron chi connectivity index (χ0n) is 11.6. The fourth-order valence-corrected chi connectivity index (χ4v) is 2.38. The number of nitrogens with two attached hydrogens (primary N) is 1. The first-order chi connectivity index (χ1) is 9.69. The first kappa shape index (κ1) is 14.7. The summed E-state index contributed by atoms with van der Waals surface area (Å²) in [6.07, 6.45) is 2.15. The molecule has 0 spiro atoms. The number of aliphatic hydroxyl groups excluding tert-OH is 1. The van der Waals surface area contributed by atoms with E-state index in [4.69, 9.17) is 15.6 Å². The summed E-state index contributed by atoms with van der Waals surface area (Å²) in [5.41, 5.74) is 6.31. The van der Waals surface area contributed by atoms with Crippen molar-refractivity contribution < 1.29 is 14.6 Å². The van der Waals surface area contributed by atoms with Crippen molar-refractivity contribution in [2.45, 2.75) is 19.3 Å². The molecule has 1 aromatic rings. The van der Waals surface area contributed by atoms with Crippen molar-refractivity contribution in [2.24, 2.45) is 5.92 Å². The van der Waals surface area contributed by atoms with Gasteiger partial charge in [-0.15, -0.1) is 0 Å². The van der Waals surface area contributed by atoms with E-state index in [0.29, 0.717) is 30.4 Å². The van der Waals surface area contributed by atoms with E-state index < -0.39 is 0 Å². The van der Waals surface area contributed by atoms with Gasteiger partial charge in [0.15, 0.2) is 0 Å². The van der Waals surface area contributed by atoms with Gasteiger partial charge in [0.25, 0.3) is 0 Å². The minimum atomic E-state index is 0.116. The van der Waals surface area contributed by atoms with Gasteiger partial charge >= 0.3 is 0 Å². The van der Waals surface area contributed by atoms with Gasteiger partial charge in [-0.1, -0.05) is 6.07 Å². The number of nitrogens with zero attached hydrogens (tertiary/aromatic N) is 1. The van der Waals surface area contributed by atoms with E-state index >= 15 is 0 Å². The number of carbonyl (C=O) groups excluding carboxylic acids is 1. The van der Waals surface area contributed by atoms with E-state index in [0.717, 1.165) is 25.9 Å². The SMILES string of the molecule is Nc1cccc(OCCC(=O)N2CCC(CO)CC2)c1. The summed E-state index contributed by atoms with van der Waals surface area (Å²) < 4.78 is 5.52. The number of nitrogen functional groups attached to an aromatic ring is 1. The highest BCUT2D eigenvalue weighted by molar-refractivity contribution is 5.76. The van der Waals surface area contributed by atoms with Crippen molar-refractivity contribution in [3.63, 3.8) is 0 Å². The van der Waals surface area contributed by atoms with E-state index in [2.05, 4.69) is 0 Å². The summed E-state index contributed by atoms with van der Waals surface area (Å²) in [7, 11) is 0. The lowest BCUT2D eigenvalue weighted by Gasteiger charge is -2.31. The molecule has 0 saturated carbocycles. The molecule has 0 aromatic heterocycles. The van der Waals surface area contributed by atoms with Gasteiger partial charge in [-0.3, -0.25) is 4.79 Å². The lowest BCUT2D eigenvalue weighted by atomic mass is 9.98. The van der Waals surface area contributed by atoms with Crippen LogP contribution in [0.4, 0.5) is 5.69 Å². The number of ether oxygens (including phenoxy) is 1. The number of aliphatic hydroxyl groups is 1. The Balaban J connectivity index is 1.70. The molecule has 1 heterocycles. The third-order valence-electron chi connectivity index (χ3n) is 3.67. The molecule has 1 aromatic carbocycles. The fraction of sp³-hybridized carbons (Fsp3) is 0.533. The average Bonchev–Trinajstić information content (AvgIpc) is 2.47. The molecule has 1 fully saturated rings. The van der Waals surface area contributed by atoms with Gasteiger partial charge in [0.1, 0.15) is 5.75 Å². The van der Waals surface area contributed by atoms with Gasteiger partial charge in [-0.25, -0.2) is 0 Å². The molecule has 5 heteroatoms. The van der Waals surface area contributed by atoms with Gasteiger partial charge in [0.2, 0.25) is 5.91 Å². The summed E-state index contributed by atoms with van der Waals surface area (Å²) >= 11 is 0. The van der Waals surface area contributed by atoms with E-state index in [-0.39, 0.29) is 12.5 Å². The quantitative estimate of drug-likeness (QED) is 0.795. The number of hydrogen-bond acceptors (Lipinski definition) is 4. The molecule has 20 heavy (non-hydrogen) atoms. The topological polar surface area (TPSA) is 75.8 Å². The summed E-state index contributed by atoms with van der Waals surface area (Å²) in [4.78, 5) is 13.9. The molecule has 110 valence electrons. The second kappa shape index (κ2) is 7.14. The number of likely N-dealkylation sites (tertiary alicyclic amines) is 1. The molecular weight excluding hydrogens is 256 g/mol. The van der Waals surface area contributed by atoms with Crippen molar-refractivity contribution in [3.8, 4) is 5.75 Å². The van der Waals surface area contributed by atoms with Crippen LogP contribution in [0.15, 0.2) is 24.3 Å². The predicted molar refractivity (Wildman–Crippen MR) is 77.4 cm³/mol. The third-order valence-corrected chi connectivity index (χ3v) is 3.67. The van der Waals surface area contributed by atoms with Crippen molar-refractivity contribution >= 4 is 11.6 Å². The molecule has 1 saturated heterocycles. The highest BCUT2D eigenvalue weighted by Gasteiger charge is 2.21. The van der Waals surface area contributed by atoms with Crippen LogP contribution in [0.1, 0.15) is 19.3 Å². The average molecular weight is 278 g/mol. The standard InChI is InChI=1S/C15H22N2O3/c16-13-2-1-3-14(10-13)20-9-6-15(19)17-7-4-12(11-18)5-8-17/h1-3,10,12,18H,4-9,11,16H2. The normalized spacial score (nSPS) is 16.1. The van der Waals surface area contributed by atoms with Crippen LogP contribution in [-0.4, -0.2) is 42.2 Å². The molecule has 0 unspecified atom stereocenters. The maximum atomic E-state index is 12.0. The van der Waals surface area contributed by atoms with Crippen LogP contribution in [0.3, 0.4) is 0 Å². The van der Waals surface area contributed by atoms with Gasteiger partial charge in [-0.2, -0.15) is 0 Å². The van der Waals surface area contributed by atoms with E-state index in [1.54, 1.807) is 12.1 Å². The largest absolute Gasteiger partial charge is 0.493 e. The second-order valence-corrected chi connectivity index (χ2v) is 5.18. The van der Waals surface area contributed by atoms with Crippen molar-refractivity contribution in [3.05, 3.63) is 24.3 Å². The van der Waals surface area contributed by atoms with Gasteiger partial charge < -0.3 is 20.5 Å². The number of amides is 1. The number of rotatable bonds is 5. The molecule has 0 aliphatic carbocycles. The predicted octanol–water partition coefficient (Wildman–Crippen LogP) is 1.27. The van der Waals surface area contributed by atoms with Crippen LogP contribution in [0.2, 0.25) is 0 Å². The molecule has 0 radical (unpaired) electrons. The second-order valence-electron chi connectivity index (χ2n) is 5.18. The van der Waals surface area contributed by atoms with Crippen LogP contribution < -0.4 is 10.5 Å². The summed E-state index contributed by atoms with van der Waals surface area (Å²) in [5, 5.41) is 9.07. The van der Waals surface area contributed by atoms with E-state index in [1.165, 1.54) is 0 Å². The smallest absolute Gasteiger partial charge is 0.225 e. The first-order valence-corrected chi connectivity index (χ1v) is 7.06. The Morgan fingerprint density at radius 1 is 1.40 bits per heavy atom. The van der Waals surface area contributed by atoms with Crippen molar-refractivity contribution in [1.82, 2.24) is 4.90 Å². The lowest BCUT2D eigenvalue weighted by Crippen LogP contribution is -2.39. The Labute approximate surface area is 119 Å². The summed E-state index contributed by atoms with van der Waals surface area (Å²) in [6, 6.07) is 7.19. The Kier molecular flexibility index (Phi) is 5.24. The maximum absolute atomic E-state index is 12.0. The molecule has 1 aliphatic heterocycles. The minimum Gasteiger partial charge on any atom is -0.493 e. The molecule has 0 bridgehead atoms. The Hall–Kier alpha value is -1.75. The van der Waals surface area contributed by atoms with Crippen LogP contribution in [-0.2, 0) is 4.79 Å². The van der Waals surface area contributed by atoms with Crippen molar-refractivity contribution in [2.75, 3.05) is 32.0 Å². The van der Waals surface area contributed by atoms with Crippen LogP contribution in [0.25, 0.3) is 0 Å². The molecule has 1 aliphatic rings. The van der Waals surface area contributed by atoms with Gasteiger partial charge in [0, 0.05) is 31.5 Å². The summed E-state index contributed by atoms with van der Waals surface area (Å²) in [6.45, 7) is 2.06. The third kappa shape index (κ3) is 4.13. The lowest BCUT2D eigenvalue weighted by molar-refractivity contribution is -0.133. The number of benzene rings is 1. The molecule has 3 N–H and O–H groups in total. The molecule has 2 rings (SSSR count). The van der Waals surface area contributed by atoms with Gasteiger partial charge in [-0.05, 0) is 30.9 Å². The summed E-state index contributed by atoms with van der Waals surface area (Å²) in [5.74, 6) is 1.16. The number of piperidine rings is 1. The molecule has 5 nitrogen and oxygen atoms in total. The number of carbonyl (C=O) groups is 1. The monoisotopic (exact) mass is 278 g/mol. The number of hydrogen-bond donors (Lipinski definition) is 2. The zero-order valence-corrected chi connectivity index (χ0v) is 11.6. The zero-order chi connectivity index (χ0) is 14.4.